The maximum Gasteiger partial charge on any atom is 0.224 e. The molecule has 0 saturated heterocycles. The van der Waals surface area contributed by atoms with Gasteiger partial charge in [-0.2, -0.15) is 0 Å². The molecule has 16 heavy (non-hydrogen) atoms. The van der Waals surface area contributed by atoms with Gasteiger partial charge in [0, 0.05) is 12.1 Å². The van der Waals surface area contributed by atoms with Gasteiger partial charge in [0.2, 0.25) is 5.91 Å². The van der Waals surface area contributed by atoms with Crippen LogP contribution in [0.1, 0.15) is 25.7 Å². The van der Waals surface area contributed by atoms with E-state index in [0.717, 1.165) is 19.3 Å². The van der Waals surface area contributed by atoms with Gasteiger partial charge in [0.1, 0.15) is 5.82 Å². The molecule has 1 aromatic carbocycles. The van der Waals surface area contributed by atoms with Crippen molar-refractivity contribution in [1.82, 2.24) is 0 Å². The molecule has 0 saturated carbocycles. The monoisotopic (exact) mass is 221 g/mol. The number of anilines is 1. The summed E-state index contributed by atoms with van der Waals surface area (Å²) in [4.78, 5) is 11.4. The van der Waals surface area contributed by atoms with Gasteiger partial charge in [0.05, 0.1) is 0 Å². The minimum Gasteiger partial charge on any atom is -0.326 e. The Morgan fingerprint density at radius 3 is 2.62 bits per heavy atom. The third-order valence-corrected chi connectivity index (χ3v) is 2.19. The second-order valence-electron chi connectivity index (χ2n) is 3.59. The van der Waals surface area contributed by atoms with E-state index in [0.29, 0.717) is 12.1 Å². The van der Waals surface area contributed by atoms with E-state index in [4.69, 9.17) is 0 Å². The fraction of sp³-hybridized carbons (Fsp3) is 0.308. The first kappa shape index (κ1) is 12.4. The minimum absolute atomic E-state index is 0.0318. The van der Waals surface area contributed by atoms with Crippen molar-refractivity contribution in [3.8, 4) is 0 Å². The first-order valence-electron chi connectivity index (χ1n) is 5.38. The summed E-state index contributed by atoms with van der Waals surface area (Å²) in [5.74, 6) is -0.334. The van der Waals surface area contributed by atoms with E-state index in [-0.39, 0.29) is 11.7 Å². The van der Waals surface area contributed by atoms with Gasteiger partial charge < -0.3 is 5.32 Å². The molecule has 0 bridgehead atoms. The van der Waals surface area contributed by atoms with Crippen LogP contribution in [-0.4, -0.2) is 5.91 Å². The lowest BCUT2D eigenvalue weighted by atomic mass is 10.2. The quantitative estimate of drug-likeness (QED) is 0.578. The number of allylic oxidation sites excluding steroid dienone is 1. The Bertz CT molecular complexity index is 345. The Morgan fingerprint density at radius 2 is 2.00 bits per heavy atom. The highest BCUT2D eigenvalue weighted by atomic mass is 19.1. The molecular weight excluding hydrogens is 205 g/mol. The zero-order valence-corrected chi connectivity index (χ0v) is 9.21. The van der Waals surface area contributed by atoms with E-state index in [9.17, 15) is 9.18 Å². The average Bonchev–Trinajstić information content (AvgIpc) is 2.28. The number of carbonyl (C=O) groups excluding carboxylic acids is 1. The Morgan fingerprint density at radius 1 is 1.31 bits per heavy atom. The molecule has 0 unspecified atom stereocenters. The zero-order valence-electron chi connectivity index (χ0n) is 9.21. The molecule has 0 heterocycles. The maximum absolute atomic E-state index is 12.6. The van der Waals surface area contributed by atoms with Gasteiger partial charge in [-0.05, 0) is 43.5 Å². The molecule has 1 aromatic rings. The second-order valence-corrected chi connectivity index (χ2v) is 3.59. The summed E-state index contributed by atoms with van der Waals surface area (Å²) in [5.41, 5.74) is 0.634. The van der Waals surface area contributed by atoms with Crippen molar-refractivity contribution < 1.29 is 9.18 Å². The predicted molar refractivity (Wildman–Crippen MR) is 63.7 cm³/mol. The van der Waals surface area contributed by atoms with Gasteiger partial charge in [0.25, 0.3) is 0 Å². The van der Waals surface area contributed by atoms with Crippen molar-refractivity contribution in [3.63, 3.8) is 0 Å². The van der Waals surface area contributed by atoms with E-state index >= 15 is 0 Å². The standard InChI is InChI=1S/C13H16FNO/c1-2-3-4-5-6-13(16)15-12-9-7-11(14)8-10-12/h2,7-10H,1,3-6H2,(H,15,16). The highest BCUT2D eigenvalue weighted by Crippen LogP contribution is 2.09. The highest BCUT2D eigenvalue weighted by molar-refractivity contribution is 5.90. The number of unbranched alkanes of at least 4 members (excludes halogenated alkanes) is 2. The molecule has 0 atom stereocenters. The van der Waals surface area contributed by atoms with E-state index in [2.05, 4.69) is 11.9 Å². The van der Waals surface area contributed by atoms with Crippen LogP contribution in [0.2, 0.25) is 0 Å². The van der Waals surface area contributed by atoms with Gasteiger partial charge in [-0.15, -0.1) is 6.58 Å². The molecular formula is C13H16FNO. The van der Waals surface area contributed by atoms with Crippen LogP contribution < -0.4 is 5.32 Å². The number of amides is 1. The lowest BCUT2D eigenvalue weighted by Crippen LogP contribution is -2.10. The summed E-state index contributed by atoms with van der Waals surface area (Å²) in [5, 5.41) is 2.71. The molecule has 0 radical (unpaired) electrons. The number of hydrogen-bond donors (Lipinski definition) is 1. The number of carbonyl (C=O) groups is 1. The van der Waals surface area contributed by atoms with Crippen molar-refractivity contribution in [3.05, 3.63) is 42.7 Å². The van der Waals surface area contributed by atoms with E-state index in [1.54, 1.807) is 12.1 Å². The summed E-state index contributed by atoms with van der Waals surface area (Å²) >= 11 is 0. The van der Waals surface area contributed by atoms with Gasteiger partial charge in [-0.25, -0.2) is 4.39 Å². The fourth-order valence-electron chi connectivity index (χ4n) is 1.33. The molecule has 1 rings (SSSR count). The highest BCUT2D eigenvalue weighted by Gasteiger charge is 2.01. The number of rotatable bonds is 6. The van der Waals surface area contributed by atoms with Crippen molar-refractivity contribution in [1.29, 1.82) is 0 Å². The predicted octanol–water partition coefficient (Wildman–Crippen LogP) is 3.51. The largest absolute Gasteiger partial charge is 0.326 e. The Balaban J connectivity index is 2.28. The molecule has 0 aliphatic rings. The summed E-state index contributed by atoms with van der Waals surface area (Å²) < 4.78 is 12.6. The van der Waals surface area contributed by atoms with Crippen LogP contribution in [0.25, 0.3) is 0 Å². The van der Waals surface area contributed by atoms with Crippen LogP contribution in [0.3, 0.4) is 0 Å². The molecule has 3 heteroatoms. The van der Waals surface area contributed by atoms with Crippen molar-refractivity contribution in [2.75, 3.05) is 5.32 Å². The Hall–Kier alpha value is -1.64. The third-order valence-electron chi connectivity index (χ3n) is 2.19. The van der Waals surface area contributed by atoms with Gasteiger partial charge in [0.15, 0.2) is 0 Å². The van der Waals surface area contributed by atoms with Crippen LogP contribution in [0.15, 0.2) is 36.9 Å². The Labute approximate surface area is 95.2 Å². The minimum atomic E-state index is -0.302. The number of halogens is 1. The normalized spacial score (nSPS) is 9.81. The summed E-state index contributed by atoms with van der Waals surface area (Å²) in [6.07, 6.45) is 5.09. The molecule has 1 amide bonds. The topological polar surface area (TPSA) is 29.1 Å². The number of hydrogen-bond acceptors (Lipinski definition) is 1. The smallest absolute Gasteiger partial charge is 0.224 e. The van der Waals surface area contributed by atoms with Crippen molar-refractivity contribution in [2.24, 2.45) is 0 Å². The van der Waals surface area contributed by atoms with Crippen LogP contribution >= 0.6 is 0 Å². The maximum atomic E-state index is 12.6. The zero-order chi connectivity index (χ0) is 11.8. The number of benzene rings is 1. The van der Waals surface area contributed by atoms with Crippen LogP contribution in [0, 0.1) is 5.82 Å². The third kappa shape index (κ3) is 4.73. The summed E-state index contributed by atoms with van der Waals surface area (Å²) in [6.45, 7) is 3.62. The second kappa shape index (κ2) is 6.77. The molecule has 0 aromatic heterocycles. The van der Waals surface area contributed by atoms with E-state index in [1.807, 2.05) is 6.08 Å². The summed E-state index contributed by atoms with van der Waals surface area (Å²) in [7, 11) is 0. The molecule has 2 nitrogen and oxygen atoms in total. The fourth-order valence-corrected chi connectivity index (χ4v) is 1.33. The van der Waals surface area contributed by atoms with Crippen molar-refractivity contribution >= 4 is 11.6 Å². The Kier molecular flexibility index (Phi) is 5.26. The average molecular weight is 221 g/mol. The van der Waals surface area contributed by atoms with E-state index in [1.165, 1.54) is 12.1 Å². The van der Waals surface area contributed by atoms with Gasteiger partial charge in [-0.1, -0.05) is 6.08 Å². The molecule has 0 aliphatic carbocycles. The first-order valence-corrected chi connectivity index (χ1v) is 5.38. The lowest BCUT2D eigenvalue weighted by Gasteiger charge is -2.04. The van der Waals surface area contributed by atoms with Crippen LogP contribution in [0.5, 0.6) is 0 Å². The molecule has 86 valence electrons. The summed E-state index contributed by atoms with van der Waals surface area (Å²) in [6, 6.07) is 5.76. The molecule has 1 N–H and O–H groups in total. The van der Waals surface area contributed by atoms with E-state index < -0.39 is 0 Å². The van der Waals surface area contributed by atoms with Crippen LogP contribution in [0.4, 0.5) is 10.1 Å². The number of nitrogens with one attached hydrogen (secondary N) is 1. The molecule has 0 aliphatic heterocycles. The molecule has 0 fully saturated rings. The van der Waals surface area contributed by atoms with Gasteiger partial charge >= 0.3 is 0 Å². The van der Waals surface area contributed by atoms with Crippen LogP contribution in [-0.2, 0) is 4.79 Å². The van der Waals surface area contributed by atoms with Gasteiger partial charge in [-0.3, -0.25) is 4.79 Å². The SMILES string of the molecule is C=CCCCCC(=O)Nc1ccc(F)cc1. The lowest BCUT2D eigenvalue weighted by molar-refractivity contribution is -0.116. The first-order chi connectivity index (χ1) is 7.72. The van der Waals surface area contributed by atoms with Crippen molar-refractivity contribution in [2.45, 2.75) is 25.7 Å². The molecule has 0 spiro atoms.